The van der Waals surface area contributed by atoms with Crippen molar-refractivity contribution in [3.8, 4) is 0 Å². The fourth-order valence-corrected chi connectivity index (χ4v) is 2.30. The van der Waals surface area contributed by atoms with E-state index in [4.69, 9.17) is 11.6 Å². The predicted octanol–water partition coefficient (Wildman–Crippen LogP) is 5.20. The summed E-state index contributed by atoms with van der Waals surface area (Å²) in [7, 11) is 0. The van der Waals surface area contributed by atoms with E-state index in [0.29, 0.717) is 5.03 Å². The fraction of sp³-hybridized carbons (Fsp3) is 0. The monoisotopic (exact) mass is 238 g/mol. The second kappa shape index (κ2) is 3.90. The molecule has 0 aliphatic rings. The highest BCUT2D eigenvalue weighted by Crippen LogP contribution is 2.28. The highest BCUT2D eigenvalue weighted by Gasteiger charge is 2.02. The summed E-state index contributed by atoms with van der Waals surface area (Å²) in [5.41, 5.74) is 0.981. The molecule has 17 heavy (non-hydrogen) atoms. The first-order valence-electron chi connectivity index (χ1n) is 5.52. The molecule has 1 heteroatoms. The van der Waals surface area contributed by atoms with Crippen molar-refractivity contribution in [3.05, 3.63) is 66.7 Å². The van der Waals surface area contributed by atoms with Gasteiger partial charge in [-0.15, -0.1) is 0 Å². The Morgan fingerprint density at radius 1 is 0.824 bits per heavy atom. The molecule has 0 aliphatic carbocycles. The van der Waals surface area contributed by atoms with Crippen molar-refractivity contribution in [2.75, 3.05) is 0 Å². The smallest absolute Gasteiger partial charge is 0.0406 e. The molecule has 0 nitrogen and oxygen atoms in total. The molecule has 0 saturated heterocycles. The molecule has 82 valence electrons. The highest BCUT2D eigenvalue weighted by molar-refractivity contribution is 6.48. The van der Waals surface area contributed by atoms with E-state index in [1.165, 1.54) is 21.5 Å². The van der Waals surface area contributed by atoms with Crippen LogP contribution in [0.1, 0.15) is 5.56 Å². The summed E-state index contributed by atoms with van der Waals surface area (Å²) in [5, 5.41) is 5.57. The zero-order valence-corrected chi connectivity index (χ0v) is 10.0. The van der Waals surface area contributed by atoms with Crippen LogP contribution < -0.4 is 0 Å². The normalized spacial score (nSPS) is 10.9. The summed E-state index contributed by atoms with van der Waals surface area (Å²) >= 11 is 5.93. The topological polar surface area (TPSA) is 0 Å². The molecule has 0 spiro atoms. The summed E-state index contributed by atoms with van der Waals surface area (Å²) in [6, 6.07) is 18.9. The van der Waals surface area contributed by atoms with Crippen LogP contribution in [0.25, 0.3) is 26.6 Å². The largest absolute Gasteiger partial charge is 0.0843 e. The second-order valence-electron chi connectivity index (χ2n) is 4.13. The van der Waals surface area contributed by atoms with E-state index in [1.807, 2.05) is 6.07 Å². The van der Waals surface area contributed by atoms with Crippen molar-refractivity contribution in [1.82, 2.24) is 0 Å². The molecule has 0 unspecified atom stereocenters. The number of hydrogen-bond acceptors (Lipinski definition) is 0. The third-order valence-electron chi connectivity index (χ3n) is 3.06. The Bertz CT molecular complexity index is 726. The van der Waals surface area contributed by atoms with Crippen molar-refractivity contribution < 1.29 is 0 Å². The molecule has 0 radical (unpaired) electrons. The average Bonchev–Trinajstić information content (AvgIpc) is 2.38. The molecule has 0 fully saturated rings. The number of rotatable bonds is 1. The Morgan fingerprint density at radius 2 is 1.53 bits per heavy atom. The van der Waals surface area contributed by atoms with Gasteiger partial charge in [0.1, 0.15) is 0 Å². The van der Waals surface area contributed by atoms with Gasteiger partial charge < -0.3 is 0 Å². The standard InChI is InChI=1S/C16H11Cl/c1-11(17)13-8-9-16-14(10-13)7-6-12-4-2-3-5-15(12)16/h2-10H,1H2. The van der Waals surface area contributed by atoms with Gasteiger partial charge in [0.05, 0.1) is 0 Å². The SMILES string of the molecule is C=C(Cl)c1ccc2c(ccc3ccccc32)c1. The van der Waals surface area contributed by atoms with Gasteiger partial charge in [-0.05, 0) is 33.2 Å². The van der Waals surface area contributed by atoms with E-state index < -0.39 is 0 Å². The van der Waals surface area contributed by atoms with Crippen molar-refractivity contribution in [2.45, 2.75) is 0 Å². The maximum Gasteiger partial charge on any atom is 0.0406 e. The first-order valence-corrected chi connectivity index (χ1v) is 5.90. The van der Waals surface area contributed by atoms with Crippen LogP contribution in [0.3, 0.4) is 0 Å². The summed E-state index contributed by atoms with van der Waals surface area (Å²) in [4.78, 5) is 0. The van der Waals surface area contributed by atoms with E-state index in [-0.39, 0.29) is 0 Å². The maximum atomic E-state index is 5.93. The van der Waals surface area contributed by atoms with Gasteiger partial charge in [0, 0.05) is 5.03 Å². The van der Waals surface area contributed by atoms with E-state index in [0.717, 1.165) is 5.56 Å². The van der Waals surface area contributed by atoms with Gasteiger partial charge in [0.2, 0.25) is 0 Å². The fourth-order valence-electron chi connectivity index (χ4n) is 2.18. The van der Waals surface area contributed by atoms with Gasteiger partial charge >= 0.3 is 0 Å². The Hall–Kier alpha value is -1.79. The number of hydrogen-bond donors (Lipinski definition) is 0. The molecule has 0 aromatic heterocycles. The molecule has 0 amide bonds. The summed E-state index contributed by atoms with van der Waals surface area (Å²) < 4.78 is 0. The Labute approximate surface area is 105 Å². The zero-order chi connectivity index (χ0) is 11.8. The van der Waals surface area contributed by atoms with E-state index >= 15 is 0 Å². The Morgan fingerprint density at radius 3 is 2.35 bits per heavy atom. The minimum Gasteiger partial charge on any atom is -0.0843 e. The summed E-state index contributed by atoms with van der Waals surface area (Å²) in [6.45, 7) is 3.76. The van der Waals surface area contributed by atoms with Crippen LogP contribution in [0.2, 0.25) is 0 Å². The molecular formula is C16H11Cl. The van der Waals surface area contributed by atoms with Crippen LogP contribution in [0.15, 0.2) is 61.2 Å². The van der Waals surface area contributed by atoms with E-state index in [1.54, 1.807) is 0 Å². The number of fused-ring (bicyclic) bond motifs is 3. The third-order valence-corrected chi connectivity index (χ3v) is 3.28. The average molecular weight is 239 g/mol. The van der Waals surface area contributed by atoms with E-state index in [2.05, 4.69) is 55.1 Å². The minimum absolute atomic E-state index is 0.583. The summed E-state index contributed by atoms with van der Waals surface area (Å²) in [5.74, 6) is 0. The van der Waals surface area contributed by atoms with Crippen LogP contribution >= 0.6 is 11.6 Å². The van der Waals surface area contributed by atoms with Crippen LogP contribution in [-0.2, 0) is 0 Å². The third kappa shape index (κ3) is 1.71. The van der Waals surface area contributed by atoms with Gasteiger partial charge in [-0.2, -0.15) is 0 Å². The summed E-state index contributed by atoms with van der Waals surface area (Å²) in [6.07, 6.45) is 0. The predicted molar refractivity (Wildman–Crippen MR) is 76.3 cm³/mol. The van der Waals surface area contributed by atoms with Crippen molar-refractivity contribution in [1.29, 1.82) is 0 Å². The molecule has 3 aromatic rings. The van der Waals surface area contributed by atoms with Crippen LogP contribution in [0, 0.1) is 0 Å². The molecule has 0 atom stereocenters. The van der Waals surface area contributed by atoms with Gasteiger partial charge in [-0.3, -0.25) is 0 Å². The second-order valence-corrected chi connectivity index (χ2v) is 4.58. The Kier molecular flexibility index (Phi) is 2.38. The lowest BCUT2D eigenvalue weighted by atomic mass is 10.0. The Balaban J connectivity index is 2.41. The minimum atomic E-state index is 0.583. The van der Waals surface area contributed by atoms with Gasteiger partial charge in [-0.25, -0.2) is 0 Å². The molecular weight excluding hydrogens is 228 g/mol. The molecule has 0 bridgehead atoms. The molecule has 3 aromatic carbocycles. The molecule has 0 aliphatic heterocycles. The lowest BCUT2D eigenvalue weighted by molar-refractivity contribution is 1.72. The lowest BCUT2D eigenvalue weighted by Crippen LogP contribution is -1.80. The van der Waals surface area contributed by atoms with Crippen LogP contribution in [0.4, 0.5) is 0 Å². The number of benzene rings is 3. The lowest BCUT2D eigenvalue weighted by Gasteiger charge is -2.05. The van der Waals surface area contributed by atoms with Gasteiger partial charge in [0.15, 0.2) is 0 Å². The van der Waals surface area contributed by atoms with E-state index in [9.17, 15) is 0 Å². The zero-order valence-electron chi connectivity index (χ0n) is 9.28. The molecule has 0 saturated carbocycles. The quantitative estimate of drug-likeness (QED) is 0.511. The molecule has 3 rings (SSSR count). The van der Waals surface area contributed by atoms with Crippen molar-refractivity contribution >= 4 is 38.2 Å². The molecule has 0 N–H and O–H groups in total. The van der Waals surface area contributed by atoms with Crippen LogP contribution in [0.5, 0.6) is 0 Å². The van der Waals surface area contributed by atoms with Gasteiger partial charge in [-0.1, -0.05) is 66.7 Å². The highest BCUT2D eigenvalue weighted by atomic mass is 35.5. The first kappa shape index (κ1) is 10.4. The van der Waals surface area contributed by atoms with Crippen LogP contribution in [-0.4, -0.2) is 0 Å². The van der Waals surface area contributed by atoms with Crippen molar-refractivity contribution in [2.24, 2.45) is 0 Å². The maximum absolute atomic E-state index is 5.93. The molecule has 0 heterocycles. The number of halogens is 1. The first-order chi connectivity index (χ1) is 8.25. The van der Waals surface area contributed by atoms with Gasteiger partial charge in [0.25, 0.3) is 0 Å². The van der Waals surface area contributed by atoms with Crippen molar-refractivity contribution in [3.63, 3.8) is 0 Å².